The fourth-order valence-corrected chi connectivity index (χ4v) is 2.33. The topological polar surface area (TPSA) is 30.5 Å². The predicted octanol–water partition coefficient (Wildman–Crippen LogP) is 3.98. The second kappa shape index (κ2) is 5.87. The van der Waals surface area contributed by atoms with E-state index in [1.54, 1.807) is 0 Å². The minimum atomic E-state index is 0.325. The Labute approximate surface area is 119 Å². The molecule has 1 N–H and O–H groups in total. The number of hydrogen-bond donors (Lipinski definition) is 1. The number of hydrogen-bond acceptors (Lipinski definition) is 3. The Hall–Kier alpha value is -2.16. The maximum Gasteiger partial charge on any atom is 0.231 e. The van der Waals surface area contributed by atoms with Crippen molar-refractivity contribution in [3.05, 3.63) is 53.6 Å². The third-order valence-electron chi connectivity index (χ3n) is 3.43. The van der Waals surface area contributed by atoms with Crippen molar-refractivity contribution in [1.29, 1.82) is 0 Å². The van der Waals surface area contributed by atoms with E-state index >= 15 is 0 Å². The Bertz CT molecular complexity index is 578. The zero-order valence-electron chi connectivity index (χ0n) is 11.7. The monoisotopic (exact) mass is 269 g/mol. The molecule has 0 fully saturated rings. The maximum atomic E-state index is 5.38. The number of benzene rings is 2. The molecule has 1 aliphatic heterocycles. The molecule has 0 spiro atoms. The van der Waals surface area contributed by atoms with Gasteiger partial charge < -0.3 is 14.8 Å². The van der Waals surface area contributed by atoms with Crippen molar-refractivity contribution >= 4 is 5.69 Å². The van der Waals surface area contributed by atoms with Gasteiger partial charge in [0.1, 0.15) is 0 Å². The summed E-state index contributed by atoms with van der Waals surface area (Å²) in [6.45, 7) is 3.31. The molecule has 0 aliphatic carbocycles. The highest BCUT2D eigenvalue weighted by molar-refractivity contribution is 5.48. The van der Waals surface area contributed by atoms with Gasteiger partial charge in [0, 0.05) is 12.2 Å². The molecule has 2 aromatic rings. The van der Waals surface area contributed by atoms with E-state index in [2.05, 4.69) is 42.6 Å². The molecule has 0 atom stereocenters. The van der Waals surface area contributed by atoms with Crippen LogP contribution in [0.3, 0.4) is 0 Å². The van der Waals surface area contributed by atoms with E-state index in [-0.39, 0.29) is 0 Å². The fourth-order valence-electron chi connectivity index (χ4n) is 2.33. The molecule has 0 saturated carbocycles. The first-order valence-electron chi connectivity index (χ1n) is 7.06. The van der Waals surface area contributed by atoms with Crippen LogP contribution < -0.4 is 14.8 Å². The van der Waals surface area contributed by atoms with Crippen molar-refractivity contribution in [2.75, 3.05) is 12.1 Å². The summed E-state index contributed by atoms with van der Waals surface area (Å²) in [5, 5.41) is 3.43. The molecule has 0 radical (unpaired) electrons. The quantitative estimate of drug-likeness (QED) is 0.890. The molecule has 0 unspecified atom stereocenters. The van der Waals surface area contributed by atoms with Crippen molar-refractivity contribution < 1.29 is 9.47 Å². The van der Waals surface area contributed by atoms with Gasteiger partial charge in [-0.15, -0.1) is 0 Å². The highest BCUT2D eigenvalue weighted by Gasteiger charge is 2.12. The molecule has 0 amide bonds. The summed E-state index contributed by atoms with van der Waals surface area (Å²) in [5.74, 6) is 1.67. The Kier molecular flexibility index (Phi) is 3.77. The van der Waals surface area contributed by atoms with Crippen LogP contribution in [0.5, 0.6) is 11.5 Å². The average molecular weight is 269 g/mol. The van der Waals surface area contributed by atoms with Crippen LogP contribution in [0.2, 0.25) is 0 Å². The Balaban J connectivity index is 1.61. The third-order valence-corrected chi connectivity index (χ3v) is 3.43. The average Bonchev–Trinajstić information content (AvgIpc) is 2.94. The molecule has 1 heterocycles. The summed E-state index contributed by atoms with van der Waals surface area (Å²) in [4.78, 5) is 0. The van der Waals surface area contributed by atoms with Crippen molar-refractivity contribution in [2.24, 2.45) is 0 Å². The zero-order chi connectivity index (χ0) is 13.8. The highest BCUT2D eigenvalue weighted by Crippen LogP contribution is 2.32. The number of rotatable bonds is 5. The van der Waals surface area contributed by atoms with Crippen molar-refractivity contribution in [2.45, 2.75) is 26.3 Å². The SMILES string of the molecule is CCCc1ccc(NCc2ccc3c(c2)OCO3)cc1. The van der Waals surface area contributed by atoms with Crippen LogP contribution in [0.1, 0.15) is 24.5 Å². The summed E-state index contributed by atoms with van der Waals surface area (Å²) in [6.07, 6.45) is 2.33. The first-order valence-corrected chi connectivity index (χ1v) is 7.06. The highest BCUT2D eigenvalue weighted by atomic mass is 16.7. The van der Waals surface area contributed by atoms with Gasteiger partial charge >= 0.3 is 0 Å². The normalized spacial score (nSPS) is 12.4. The van der Waals surface area contributed by atoms with Gasteiger partial charge in [-0.3, -0.25) is 0 Å². The van der Waals surface area contributed by atoms with Gasteiger partial charge in [0.25, 0.3) is 0 Å². The molecule has 1 aliphatic rings. The Morgan fingerprint density at radius 2 is 1.70 bits per heavy atom. The summed E-state index contributed by atoms with van der Waals surface area (Å²) in [7, 11) is 0. The molecule has 0 aromatic heterocycles. The van der Waals surface area contributed by atoms with Crippen LogP contribution in [-0.2, 0) is 13.0 Å². The van der Waals surface area contributed by atoms with E-state index in [9.17, 15) is 0 Å². The van der Waals surface area contributed by atoms with Gasteiger partial charge in [0.15, 0.2) is 11.5 Å². The second-order valence-corrected chi connectivity index (χ2v) is 4.99. The van der Waals surface area contributed by atoms with E-state index in [1.807, 2.05) is 12.1 Å². The molecule has 3 heteroatoms. The predicted molar refractivity (Wildman–Crippen MR) is 80.3 cm³/mol. The van der Waals surface area contributed by atoms with Gasteiger partial charge in [-0.1, -0.05) is 31.5 Å². The summed E-state index contributed by atoms with van der Waals surface area (Å²) in [5.41, 5.74) is 3.72. The van der Waals surface area contributed by atoms with Crippen LogP contribution in [0, 0.1) is 0 Å². The largest absolute Gasteiger partial charge is 0.454 e. The summed E-state index contributed by atoms with van der Waals surface area (Å²) < 4.78 is 10.7. The van der Waals surface area contributed by atoms with E-state index in [0.717, 1.165) is 30.2 Å². The summed E-state index contributed by atoms with van der Waals surface area (Å²) >= 11 is 0. The van der Waals surface area contributed by atoms with Gasteiger partial charge in [0.2, 0.25) is 6.79 Å². The van der Waals surface area contributed by atoms with E-state index in [4.69, 9.17) is 9.47 Å². The lowest BCUT2D eigenvalue weighted by Crippen LogP contribution is -1.99. The third kappa shape index (κ3) is 2.87. The lowest BCUT2D eigenvalue weighted by atomic mass is 10.1. The van der Waals surface area contributed by atoms with Gasteiger partial charge in [-0.2, -0.15) is 0 Å². The standard InChI is InChI=1S/C17H19NO2/c1-2-3-13-4-7-15(8-5-13)18-11-14-6-9-16-17(10-14)20-12-19-16/h4-10,18H,2-3,11-12H2,1H3. The van der Waals surface area contributed by atoms with Gasteiger partial charge in [-0.25, -0.2) is 0 Å². The number of aryl methyl sites for hydroxylation is 1. The van der Waals surface area contributed by atoms with Crippen molar-refractivity contribution in [1.82, 2.24) is 0 Å². The first kappa shape index (κ1) is 12.9. The van der Waals surface area contributed by atoms with Crippen LogP contribution in [0.25, 0.3) is 0 Å². The molecule has 2 aromatic carbocycles. The van der Waals surface area contributed by atoms with Gasteiger partial charge in [0.05, 0.1) is 0 Å². The van der Waals surface area contributed by atoms with E-state index < -0.39 is 0 Å². The number of fused-ring (bicyclic) bond motifs is 1. The molecule has 3 rings (SSSR count). The Morgan fingerprint density at radius 1 is 0.950 bits per heavy atom. The number of anilines is 1. The van der Waals surface area contributed by atoms with E-state index in [1.165, 1.54) is 17.5 Å². The van der Waals surface area contributed by atoms with Crippen LogP contribution in [-0.4, -0.2) is 6.79 Å². The van der Waals surface area contributed by atoms with E-state index in [0.29, 0.717) is 6.79 Å². The molecule has 3 nitrogen and oxygen atoms in total. The van der Waals surface area contributed by atoms with Crippen LogP contribution in [0.15, 0.2) is 42.5 Å². The van der Waals surface area contributed by atoms with Crippen LogP contribution >= 0.6 is 0 Å². The van der Waals surface area contributed by atoms with Crippen LogP contribution in [0.4, 0.5) is 5.69 Å². The maximum absolute atomic E-state index is 5.38. The fraction of sp³-hybridized carbons (Fsp3) is 0.294. The van der Waals surface area contributed by atoms with Crippen molar-refractivity contribution in [3.63, 3.8) is 0 Å². The summed E-state index contributed by atoms with van der Waals surface area (Å²) in [6, 6.07) is 14.7. The minimum absolute atomic E-state index is 0.325. The minimum Gasteiger partial charge on any atom is -0.454 e. The first-order chi connectivity index (χ1) is 9.85. The molecule has 0 saturated heterocycles. The molecule has 0 bridgehead atoms. The smallest absolute Gasteiger partial charge is 0.231 e. The van der Waals surface area contributed by atoms with Crippen molar-refractivity contribution in [3.8, 4) is 11.5 Å². The molecular weight excluding hydrogens is 250 g/mol. The molecular formula is C17H19NO2. The molecule has 20 heavy (non-hydrogen) atoms. The van der Waals surface area contributed by atoms with Gasteiger partial charge in [-0.05, 0) is 41.8 Å². The lowest BCUT2D eigenvalue weighted by Gasteiger charge is -2.08. The lowest BCUT2D eigenvalue weighted by molar-refractivity contribution is 0.174. The molecule has 104 valence electrons. The second-order valence-electron chi connectivity index (χ2n) is 4.99. The zero-order valence-corrected chi connectivity index (χ0v) is 11.7. The Morgan fingerprint density at radius 3 is 2.50 bits per heavy atom. The number of ether oxygens (including phenoxy) is 2. The number of nitrogens with one attached hydrogen (secondary N) is 1.